The number of pyridine rings is 1. The van der Waals surface area contributed by atoms with Crippen molar-refractivity contribution in [2.45, 2.75) is 6.04 Å². The lowest BCUT2D eigenvalue weighted by Gasteiger charge is -2.21. The summed E-state index contributed by atoms with van der Waals surface area (Å²) in [4.78, 5) is 18.6. The summed E-state index contributed by atoms with van der Waals surface area (Å²) in [5, 5.41) is 4.09. The van der Waals surface area contributed by atoms with Crippen LogP contribution in [-0.2, 0) is 0 Å². The fourth-order valence-electron chi connectivity index (χ4n) is 4.13. The molecule has 5 aromatic rings. The van der Waals surface area contributed by atoms with Crippen molar-refractivity contribution in [2.75, 3.05) is 7.11 Å². The van der Waals surface area contributed by atoms with E-state index in [2.05, 4.69) is 5.32 Å². The summed E-state index contributed by atoms with van der Waals surface area (Å²) in [5.74, 6) is 0.627. The molecule has 0 saturated heterocycles. The number of methoxy groups -OCH3 is 1. The maximum absolute atomic E-state index is 13.7. The predicted octanol–water partition coefficient (Wildman–Crippen LogP) is 6.43. The summed E-state index contributed by atoms with van der Waals surface area (Å²) in [6, 6.07) is 37.1. The van der Waals surface area contributed by atoms with Crippen LogP contribution >= 0.6 is 0 Å². The Hall–Kier alpha value is -4.44. The van der Waals surface area contributed by atoms with Gasteiger partial charge in [0.05, 0.1) is 29.9 Å². The summed E-state index contributed by atoms with van der Waals surface area (Å²) < 4.78 is 5.28. The lowest BCUT2D eigenvalue weighted by Crippen LogP contribution is -2.29. The molecule has 4 nitrogen and oxygen atoms in total. The van der Waals surface area contributed by atoms with Crippen LogP contribution in [0.5, 0.6) is 5.75 Å². The third kappa shape index (κ3) is 4.39. The lowest BCUT2D eigenvalue weighted by atomic mass is 9.97. The van der Waals surface area contributed by atoms with E-state index in [4.69, 9.17) is 9.72 Å². The van der Waals surface area contributed by atoms with Crippen molar-refractivity contribution in [1.29, 1.82) is 0 Å². The molecule has 0 aliphatic carbocycles. The van der Waals surface area contributed by atoms with Crippen molar-refractivity contribution in [2.24, 2.45) is 0 Å². The van der Waals surface area contributed by atoms with Crippen LogP contribution in [0.4, 0.5) is 0 Å². The number of hydrogen-bond donors (Lipinski definition) is 1. The molecule has 1 aromatic heterocycles. The van der Waals surface area contributed by atoms with Gasteiger partial charge in [-0.05, 0) is 47.5 Å². The van der Waals surface area contributed by atoms with Crippen molar-refractivity contribution in [3.63, 3.8) is 0 Å². The van der Waals surface area contributed by atoms with Crippen LogP contribution < -0.4 is 10.1 Å². The van der Waals surface area contributed by atoms with Crippen LogP contribution in [0.1, 0.15) is 27.5 Å². The van der Waals surface area contributed by atoms with E-state index >= 15 is 0 Å². The highest BCUT2D eigenvalue weighted by Gasteiger charge is 2.20. The first-order valence-corrected chi connectivity index (χ1v) is 11.2. The summed E-state index contributed by atoms with van der Waals surface area (Å²) in [7, 11) is 1.64. The first kappa shape index (κ1) is 21.4. The minimum atomic E-state index is -0.272. The minimum absolute atomic E-state index is 0.147. The van der Waals surface area contributed by atoms with E-state index < -0.39 is 0 Å². The van der Waals surface area contributed by atoms with E-state index in [-0.39, 0.29) is 11.9 Å². The summed E-state index contributed by atoms with van der Waals surface area (Å²) in [5.41, 5.74) is 5.07. The van der Waals surface area contributed by atoms with Gasteiger partial charge in [-0.2, -0.15) is 0 Å². The first-order valence-electron chi connectivity index (χ1n) is 11.2. The Morgan fingerprint density at radius 2 is 1.35 bits per heavy atom. The van der Waals surface area contributed by atoms with Gasteiger partial charge in [-0.15, -0.1) is 0 Å². The van der Waals surface area contributed by atoms with Crippen LogP contribution in [0, 0.1) is 0 Å². The van der Waals surface area contributed by atoms with Crippen LogP contribution in [0.2, 0.25) is 0 Å². The zero-order chi connectivity index (χ0) is 23.3. The molecule has 1 N–H and O–H groups in total. The molecule has 4 aromatic carbocycles. The second-order valence-electron chi connectivity index (χ2n) is 8.03. The quantitative estimate of drug-likeness (QED) is 0.328. The Bertz CT molecular complexity index is 1380. The minimum Gasteiger partial charge on any atom is -0.497 e. The highest BCUT2D eigenvalue weighted by molar-refractivity contribution is 6.07. The van der Waals surface area contributed by atoms with Gasteiger partial charge in [0.15, 0.2) is 0 Å². The lowest BCUT2D eigenvalue weighted by molar-refractivity contribution is 0.0944. The maximum Gasteiger partial charge on any atom is 0.252 e. The molecule has 0 spiro atoms. The molecule has 166 valence electrons. The van der Waals surface area contributed by atoms with Gasteiger partial charge in [-0.3, -0.25) is 4.79 Å². The van der Waals surface area contributed by atoms with Gasteiger partial charge >= 0.3 is 0 Å². The number of hydrogen-bond acceptors (Lipinski definition) is 3. The van der Waals surface area contributed by atoms with Gasteiger partial charge in [-0.25, -0.2) is 4.98 Å². The highest BCUT2D eigenvalue weighted by atomic mass is 16.5. The number of amides is 1. The number of para-hydroxylation sites is 1. The van der Waals surface area contributed by atoms with Crippen molar-refractivity contribution in [1.82, 2.24) is 10.3 Å². The molecular formula is C30H24N2O2. The van der Waals surface area contributed by atoms with E-state index in [9.17, 15) is 4.79 Å². The normalized spacial score (nSPS) is 10.9. The number of carbonyl (C=O) groups excluding carboxylic acids is 1. The third-order valence-electron chi connectivity index (χ3n) is 5.89. The fourth-order valence-corrected chi connectivity index (χ4v) is 4.13. The van der Waals surface area contributed by atoms with Gasteiger partial charge in [-0.1, -0.05) is 78.9 Å². The monoisotopic (exact) mass is 444 g/mol. The standard InChI is InChI=1S/C30H24N2O2/c1-34-24-18-16-21(17-19-24)28-20-26(25-14-8-9-15-27(25)31-28)30(33)32-29(22-10-4-2-5-11-22)23-12-6-3-7-13-23/h2-20,29H,1H3,(H,32,33). The molecule has 4 heteroatoms. The number of ether oxygens (including phenoxy) is 1. The van der Waals surface area contributed by atoms with Crippen LogP contribution in [0.3, 0.4) is 0 Å². The van der Waals surface area contributed by atoms with Gasteiger partial charge in [0.1, 0.15) is 5.75 Å². The van der Waals surface area contributed by atoms with Crippen molar-refractivity contribution in [3.8, 4) is 17.0 Å². The Morgan fingerprint density at radius 1 is 0.765 bits per heavy atom. The second-order valence-corrected chi connectivity index (χ2v) is 8.03. The Labute approximate surface area is 198 Å². The molecular weight excluding hydrogens is 420 g/mol. The molecule has 0 fully saturated rings. The molecule has 0 aliphatic heterocycles. The molecule has 0 bridgehead atoms. The zero-order valence-electron chi connectivity index (χ0n) is 18.8. The number of rotatable bonds is 6. The molecule has 5 rings (SSSR count). The maximum atomic E-state index is 13.7. The number of carbonyl (C=O) groups is 1. The fraction of sp³-hybridized carbons (Fsp3) is 0.0667. The van der Waals surface area contributed by atoms with E-state index in [1.807, 2.05) is 115 Å². The van der Waals surface area contributed by atoms with Crippen molar-refractivity contribution >= 4 is 16.8 Å². The number of aromatic nitrogens is 1. The predicted molar refractivity (Wildman–Crippen MR) is 136 cm³/mol. The smallest absolute Gasteiger partial charge is 0.252 e. The van der Waals surface area contributed by atoms with E-state index in [0.717, 1.165) is 39.0 Å². The number of nitrogens with zero attached hydrogens (tertiary/aromatic N) is 1. The molecule has 0 saturated carbocycles. The third-order valence-corrected chi connectivity index (χ3v) is 5.89. The summed E-state index contributed by atoms with van der Waals surface area (Å²) in [6.45, 7) is 0. The van der Waals surface area contributed by atoms with Crippen LogP contribution in [0.15, 0.2) is 115 Å². The van der Waals surface area contributed by atoms with Crippen molar-refractivity contribution < 1.29 is 9.53 Å². The Balaban J connectivity index is 1.57. The molecule has 0 atom stereocenters. The molecule has 1 heterocycles. The number of fused-ring (bicyclic) bond motifs is 1. The van der Waals surface area contributed by atoms with Crippen molar-refractivity contribution in [3.05, 3.63) is 132 Å². The van der Waals surface area contributed by atoms with E-state index in [1.165, 1.54) is 0 Å². The molecule has 0 radical (unpaired) electrons. The number of nitrogens with one attached hydrogen (secondary N) is 1. The average Bonchev–Trinajstić information content (AvgIpc) is 2.92. The largest absolute Gasteiger partial charge is 0.497 e. The highest BCUT2D eigenvalue weighted by Crippen LogP contribution is 2.28. The molecule has 1 amide bonds. The summed E-state index contributed by atoms with van der Waals surface area (Å²) in [6.07, 6.45) is 0. The first-order chi connectivity index (χ1) is 16.7. The van der Waals surface area contributed by atoms with E-state index in [0.29, 0.717) is 5.56 Å². The average molecular weight is 445 g/mol. The molecule has 0 aliphatic rings. The topological polar surface area (TPSA) is 51.2 Å². The van der Waals surface area contributed by atoms with Crippen LogP contribution in [0.25, 0.3) is 22.2 Å². The van der Waals surface area contributed by atoms with Crippen LogP contribution in [-0.4, -0.2) is 18.0 Å². The Kier molecular flexibility index (Phi) is 6.04. The molecule has 34 heavy (non-hydrogen) atoms. The number of benzene rings is 4. The SMILES string of the molecule is COc1ccc(-c2cc(C(=O)NC(c3ccccc3)c3ccccc3)c3ccccc3n2)cc1. The van der Waals surface area contributed by atoms with Gasteiger partial charge in [0.25, 0.3) is 5.91 Å². The second kappa shape index (κ2) is 9.59. The van der Waals surface area contributed by atoms with Gasteiger partial charge in [0.2, 0.25) is 0 Å². The summed E-state index contributed by atoms with van der Waals surface area (Å²) >= 11 is 0. The van der Waals surface area contributed by atoms with E-state index in [1.54, 1.807) is 7.11 Å². The van der Waals surface area contributed by atoms with Gasteiger partial charge in [0, 0.05) is 10.9 Å². The van der Waals surface area contributed by atoms with Gasteiger partial charge < -0.3 is 10.1 Å². The molecule has 0 unspecified atom stereocenters. The zero-order valence-corrected chi connectivity index (χ0v) is 18.8. The Morgan fingerprint density at radius 3 is 1.97 bits per heavy atom.